The molecule has 32 heavy (non-hydrogen) atoms. The Hall–Kier alpha value is -3.72. The van der Waals surface area contributed by atoms with Crippen LogP contribution in [0.15, 0.2) is 71.6 Å². The highest BCUT2D eigenvalue weighted by atomic mass is 32.2. The zero-order valence-corrected chi connectivity index (χ0v) is 18.4. The minimum Gasteiger partial charge on any atom is -0.497 e. The number of anilines is 2. The van der Waals surface area contributed by atoms with Gasteiger partial charge in [0, 0.05) is 18.8 Å². The van der Waals surface area contributed by atoms with E-state index in [0.29, 0.717) is 36.1 Å². The molecule has 0 aliphatic carbocycles. The minimum absolute atomic E-state index is 0.0367. The lowest BCUT2D eigenvalue weighted by molar-refractivity contribution is 0.102. The molecule has 1 aliphatic heterocycles. The molecule has 0 unspecified atom stereocenters. The number of ether oxygens (including phenoxy) is 3. The predicted molar refractivity (Wildman–Crippen MR) is 120 cm³/mol. The van der Waals surface area contributed by atoms with Gasteiger partial charge in [-0.3, -0.25) is 9.10 Å². The highest BCUT2D eigenvalue weighted by molar-refractivity contribution is 7.92. The Kier molecular flexibility index (Phi) is 5.91. The fourth-order valence-corrected chi connectivity index (χ4v) is 4.52. The molecule has 4 rings (SSSR count). The van der Waals surface area contributed by atoms with Crippen molar-refractivity contribution in [2.45, 2.75) is 4.90 Å². The Labute approximate surface area is 186 Å². The van der Waals surface area contributed by atoms with Crippen LogP contribution < -0.4 is 23.8 Å². The van der Waals surface area contributed by atoms with Crippen LogP contribution in [-0.4, -0.2) is 41.7 Å². The number of hydrogen-bond donors (Lipinski definition) is 1. The van der Waals surface area contributed by atoms with Gasteiger partial charge in [-0.15, -0.1) is 0 Å². The number of hydrogen-bond acceptors (Lipinski definition) is 6. The fraction of sp³-hybridized carbons (Fsp3) is 0.174. The van der Waals surface area contributed by atoms with E-state index >= 15 is 0 Å². The topological polar surface area (TPSA) is 94.2 Å². The highest BCUT2D eigenvalue weighted by Gasteiger charge is 2.27. The Balaban J connectivity index is 1.62. The highest BCUT2D eigenvalue weighted by Crippen LogP contribution is 2.34. The molecule has 0 saturated heterocycles. The lowest BCUT2D eigenvalue weighted by Gasteiger charge is -2.23. The van der Waals surface area contributed by atoms with Crippen LogP contribution in [0.25, 0.3) is 0 Å². The number of amides is 1. The number of nitrogens with zero attached hydrogens (tertiary/aromatic N) is 1. The second-order valence-electron chi connectivity index (χ2n) is 6.98. The van der Waals surface area contributed by atoms with Gasteiger partial charge in [-0.05, 0) is 48.5 Å². The summed E-state index contributed by atoms with van der Waals surface area (Å²) in [5.74, 6) is 1.09. The summed E-state index contributed by atoms with van der Waals surface area (Å²) < 4.78 is 43.8. The normalized spacial score (nSPS) is 12.7. The first-order valence-corrected chi connectivity index (χ1v) is 11.3. The number of benzene rings is 3. The van der Waals surface area contributed by atoms with Gasteiger partial charge in [0.2, 0.25) is 0 Å². The summed E-state index contributed by atoms with van der Waals surface area (Å²) in [4.78, 5) is 13.0. The number of nitrogens with one attached hydrogen (secondary N) is 1. The average Bonchev–Trinajstić information content (AvgIpc) is 2.83. The van der Waals surface area contributed by atoms with Crippen molar-refractivity contribution < 1.29 is 27.4 Å². The molecule has 9 heteroatoms. The van der Waals surface area contributed by atoms with Crippen molar-refractivity contribution in [1.82, 2.24) is 0 Å². The van der Waals surface area contributed by atoms with E-state index in [-0.39, 0.29) is 16.1 Å². The molecule has 1 aliphatic rings. The largest absolute Gasteiger partial charge is 0.497 e. The third-order valence-corrected chi connectivity index (χ3v) is 6.78. The Morgan fingerprint density at radius 1 is 0.969 bits per heavy atom. The Morgan fingerprint density at radius 2 is 1.66 bits per heavy atom. The molecule has 1 N–H and O–H groups in total. The molecule has 0 fully saturated rings. The summed E-state index contributed by atoms with van der Waals surface area (Å²) in [5, 5.41) is 2.78. The quantitative estimate of drug-likeness (QED) is 0.612. The van der Waals surface area contributed by atoms with Crippen LogP contribution in [0.5, 0.6) is 17.2 Å². The lowest BCUT2D eigenvalue weighted by Crippen LogP contribution is -2.29. The van der Waals surface area contributed by atoms with Crippen molar-refractivity contribution in [2.24, 2.45) is 0 Å². The maximum absolute atomic E-state index is 13.3. The molecule has 0 atom stereocenters. The number of para-hydroxylation sites is 1. The first kappa shape index (κ1) is 21.5. The average molecular weight is 455 g/mol. The summed E-state index contributed by atoms with van der Waals surface area (Å²) in [6.07, 6.45) is 0. The van der Waals surface area contributed by atoms with Gasteiger partial charge in [0.25, 0.3) is 15.9 Å². The fourth-order valence-electron chi connectivity index (χ4n) is 3.28. The second-order valence-corrected chi connectivity index (χ2v) is 8.95. The van der Waals surface area contributed by atoms with Crippen molar-refractivity contribution in [3.63, 3.8) is 0 Å². The number of rotatable bonds is 6. The van der Waals surface area contributed by atoms with Crippen LogP contribution in [0.1, 0.15) is 10.4 Å². The van der Waals surface area contributed by atoms with Gasteiger partial charge in [0.05, 0.1) is 23.3 Å². The molecule has 0 bridgehead atoms. The minimum atomic E-state index is -3.96. The number of carbonyl (C=O) groups excluding carboxylic acids is 1. The molecule has 3 aromatic carbocycles. The Bertz CT molecular complexity index is 1240. The number of carbonyl (C=O) groups is 1. The third-order valence-electron chi connectivity index (χ3n) is 5.01. The first-order chi connectivity index (χ1) is 15.4. The summed E-state index contributed by atoms with van der Waals surface area (Å²) in [7, 11) is -0.996. The van der Waals surface area contributed by atoms with Gasteiger partial charge >= 0.3 is 0 Å². The van der Waals surface area contributed by atoms with Crippen molar-refractivity contribution >= 4 is 27.3 Å². The van der Waals surface area contributed by atoms with Crippen LogP contribution in [0, 0.1) is 0 Å². The first-order valence-electron chi connectivity index (χ1n) is 9.83. The van der Waals surface area contributed by atoms with Crippen LogP contribution in [0.3, 0.4) is 0 Å². The van der Waals surface area contributed by atoms with Crippen LogP contribution in [-0.2, 0) is 10.0 Å². The molecular formula is C23H22N2O6S. The van der Waals surface area contributed by atoms with E-state index in [9.17, 15) is 13.2 Å². The van der Waals surface area contributed by atoms with Crippen molar-refractivity contribution in [2.75, 3.05) is 37.0 Å². The molecule has 0 saturated carbocycles. The number of fused-ring (bicyclic) bond motifs is 1. The van der Waals surface area contributed by atoms with E-state index < -0.39 is 15.9 Å². The zero-order chi connectivity index (χ0) is 22.7. The molecule has 0 aromatic heterocycles. The van der Waals surface area contributed by atoms with Gasteiger partial charge in [-0.2, -0.15) is 0 Å². The molecular weight excluding hydrogens is 432 g/mol. The van der Waals surface area contributed by atoms with Crippen molar-refractivity contribution in [1.29, 1.82) is 0 Å². The summed E-state index contributed by atoms with van der Waals surface area (Å²) >= 11 is 0. The second kappa shape index (κ2) is 8.80. The Morgan fingerprint density at radius 3 is 2.38 bits per heavy atom. The monoisotopic (exact) mass is 454 g/mol. The molecule has 0 spiro atoms. The summed E-state index contributed by atoms with van der Waals surface area (Å²) in [5.41, 5.74) is 1.02. The van der Waals surface area contributed by atoms with E-state index in [4.69, 9.17) is 14.2 Å². The van der Waals surface area contributed by atoms with Crippen molar-refractivity contribution in [3.8, 4) is 17.2 Å². The standard InChI is InChI=1S/C23H22N2O6S/c1-25(32(27,28)18-11-12-21-22(15-18)31-14-13-30-21)20-6-4-3-5-19(20)23(26)24-16-7-9-17(29-2)10-8-16/h3-12,15H,13-14H2,1-2H3,(H,24,26). The molecule has 8 nitrogen and oxygen atoms in total. The predicted octanol–water partition coefficient (Wildman–Crippen LogP) is 3.54. The summed E-state index contributed by atoms with van der Waals surface area (Å²) in [6, 6.07) is 17.8. The molecule has 3 aromatic rings. The van der Waals surface area contributed by atoms with Gasteiger partial charge in [-0.1, -0.05) is 12.1 Å². The number of sulfonamides is 1. The molecule has 1 amide bonds. The van der Waals surface area contributed by atoms with E-state index in [1.54, 1.807) is 61.7 Å². The lowest BCUT2D eigenvalue weighted by atomic mass is 10.1. The maximum atomic E-state index is 13.3. The molecule has 1 heterocycles. The van der Waals surface area contributed by atoms with Crippen LogP contribution >= 0.6 is 0 Å². The van der Waals surface area contributed by atoms with E-state index in [1.165, 1.54) is 19.2 Å². The van der Waals surface area contributed by atoms with Gasteiger partial charge in [0.15, 0.2) is 11.5 Å². The van der Waals surface area contributed by atoms with Gasteiger partial charge < -0.3 is 19.5 Å². The van der Waals surface area contributed by atoms with E-state index in [1.807, 2.05) is 0 Å². The van der Waals surface area contributed by atoms with E-state index in [2.05, 4.69) is 5.32 Å². The zero-order valence-electron chi connectivity index (χ0n) is 17.6. The molecule has 166 valence electrons. The summed E-state index contributed by atoms with van der Waals surface area (Å²) in [6.45, 7) is 0.760. The van der Waals surface area contributed by atoms with Crippen LogP contribution in [0.4, 0.5) is 11.4 Å². The van der Waals surface area contributed by atoms with Gasteiger partial charge in [-0.25, -0.2) is 8.42 Å². The number of methoxy groups -OCH3 is 1. The third kappa shape index (κ3) is 4.19. The van der Waals surface area contributed by atoms with Gasteiger partial charge in [0.1, 0.15) is 19.0 Å². The SMILES string of the molecule is COc1ccc(NC(=O)c2ccccc2N(C)S(=O)(=O)c2ccc3c(c2)OCCO3)cc1. The van der Waals surface area contributed by atoms with Crippen LogP contribution in [0.2, 0.25) is 0 Å². The smallest absolute Gasteiger partial charge is 0.264 e. The van der Waals surface area contributed by atoms with Crippen molar-refractivity contribution in [3.05, 3.63) is 72.3 Å². The van der Waals surface area contributed by atoms with E-state index in [0.717, 1.165) is 4.31 Å². The maximum Gasteiger partial charge on any atom is 0.264 e. The molecule has 0 radical (unpaired) electrons.